The second kappa shape index (κ2) is 7.09. The highest BCUT2D eigenvalue weighted by Gasteiger charge is 2.42. The Labute approximate surface area is 156 Å². The number of nitrogens with one attached hydrogen (secondary N) is 1. The number of sulfonamides is 1. The van der Waals surface area contributed by atoms with Crippen molar-refractivity contribution in [1.29, 1.82) is 0 Å². The quantitative estimate of drug-likeness (QED) is 0.830. The van der Waals surface area contributed by atoms with Crippen molar-refractivity contribution < 1.29 is 17.7 Å². The Balaban J connectivity index is 1.82. The van der Waals surface area contributed by atoms with Crippen LogP contribution in [0.1, 0.15) is 49.8 Å². The summed E-state index contributed by atoms with van der Waals surface area (Å²) in [5.74, 6) is 0.136. The zero-order valence-corrected chi connectivity index (χ0v) is 16.8. The van der Waals surface area contributed by atoms with Crippen LogP contribution in [0.15, 0.2) is 14.8 Å². The Bertz CT molecular complexity index is 897. The molecule has 1 aliphatic rings. The topological polar surface area (TPSA) is 105 Å². The van der Waals surface area contributed by atoms with Gasteiger partial charge in [0.25, 0.3) is 0 Å². The van der Waals surface area contributed by atoms with Crippen molar-refractivity contribution >= 4 is 32.4 Å². The van der Waals surface area contributed by atoms with Gasteiger partial charge in [0, 0.05) is 11.9 Å². The van der Waals surface area contributed by atoms with Gasteiger partial charge in [0.1, 0.15) is 16.6 Å². The van der Waals surface area contributed by atoms with Crippen LogP contribution in [0.2, 0.25) is 0 Å². The smallest absolute Gasteiger partial charge is 0.249 e. The maximum Gasteiger partial charge on any atom is 0.249 e. The minimum atomic E-state index is -3.85. The molecule has 1 N–H and O–H groups in total. The monoisotopic (exact) mass is 398 g/mol. The molecule has 1 fully saturated rings. The molecule has 1 amide bonds. The Morgan fingerprint density at radius 3 is 2.73 bits per heavy atom. The first kappa shape index (κ1) is 19.0. The lowest BCUT2D eigenvalue weighted by Gasteiger charge is -2.22. The van der Waals surface area contributed by atoms with Crippen LogP contribution in [0, 0.1) is 13.8 Å². The molecule has 26 heavy (non-hydrogen) atoms. The molecule has 0 spiro atoms. The fourth-order valence-electron chi connectivity index (χ4n) is 3.05. The average Bonchev–Trinajstić information content (AvgIpc) is 3.27. The van der Waals surface area contributed by atoms with E-state index in [2.05, 4.69) is 15.5 Å². The number of carbonyl (C=O) groups is 1. The van der Waals surface area contributed by atoms with E-state index in [1.165, 1.54) is 15.6 Å². The van der Waals surface area contributed by atoms with Gasteiger partial charge in [-0.25, -0.2) is 13.4 Å². The SMILES string of the molecule is Cc1noc(C)c1S(=O)(=O)N1CCC[C@@H]1C(=O)Nc1nc(C(C)C)cs1. The van der Waals surface area contributed by atoms with Gasteiger partial charge in [-0.15, -0.1) is 11.3 Å². The summed E-state index contributed by atoms with van der Waals surface area (Å²) in [6.07, 6.45) is 1.09. The summed E-state index contributed by atoms with van der Waals surface area (Å²) in [7, 11) is -3.85. The summed E-state index contributed by atoms with van der Waals surface area (Å²) in [4.78, 5) is 17.1. The van der Waals surface area contributed by atoms with Crippen molar-refractivity contribution in [3.63, 3.8) is 0 Å². The molecule has 142 valence electrons. The highest BCUT2D eigenvalue weighted by atomic mass is 32.2. The summed E-state index contributed by atoms with van der Waals surface area (Å²) in [6, 6.07) is -0.764. The number of carbonyl (C=O) groups excluding carboxylic acids is 1. The number of nitrogens with zero attached hydrogens (tertiary/aromatic N) is 3. The van der Waals surface area contributed by atoms with Crippen molar-refractivity contribution in [2.45, 2.75) is 57.4 Å². The normalized spacial score (nSPS) is 18.6. The Hall–Kier alpha value is -1.78. The summed E-state index contributed by atoms with van der Waals surface area (Å²) in [6.45, 7) is 7.48. The first-order valence-corrected chi connectivity index (χ1v) is 10.7. The molecule has 2 aromatic rings. The fourth-order valence-corrected chi connectivity index (χ4v) is 5.87. The van der Waals surface area contributed by atoms with Gasteiger partial charge in [0.2, 0.25) is 15.9 Å². The van der Waals surface area contributed by atoms with Crippen LogP contribution >= 0.6 is 11.3 Å². The van der Waals surface area contributed by atoms with Gasteiger partial charge in [-0.3, -0.25) is 4.79 Å². The van der Waals surface area contributed by atoms with Crippen molar-refractivity contribution in [1.82, 2.24) is 14.4 Å². The van der Waals surface area contributed by atoms with E-state index in [1.807, 2.05) is 19.2 Å². The molecule has 0 aromatic carbocycles. The number of hydrogen-bond donors (Lipinski definition) is 1. The van der Waals surface area contributed by atoms with E-state index in [1.54, 1.807) is 13.8 Å². The number of aromatic nitrogens is 2. The number of hydrogen-bond acceptors (Lipinski definition) is 7. The van der Waals surface area contributed by atoms with E-state index in [4.69, 9.17) is 4.52 Å². The molecule has 1 aliphatic heterocycles. The lowest BCUT2D eigenvalue weighted by molar-refractivity contribution is -0.119. The van der Waals surface area contributed by atoms with E-state index in [0.717, 1.165) is 5.69 Å². The lowest BCUT2D eigenvalue weighted by atomic mass is 10.2. The summed E-state index contributed by atoms with van der Waals surface area (Å²) in [5.41, 5.74) is 1.20. The molecule has 1 saturated heterocycles. The predicted octanol–water partition coefficient (Wildman–Crippen LogP) is 2.66. The molecular formula is C16H22N4O4S2. The van der Waals surface area contributed by atoms with Gasteiger partial charge in [0.05, 0.1) is 5.69 Å². The molecule has 10 heteroatoms. The van der Waals surface area contributed by atoms with Crippen LogP contribution < -0.4 is 5.32 Å². The van der Waals surface area contributed by atoms with E-state index < -0.39 is 16.1 Å². The molecule has 8 nitrogen and oxygen atoms in total. The van der Waals surface area contributed by atoms with E-state index in [9.17, 15) is 13.2 Å². The minimum Gasteiger partial charge on any atom is -0.360 e. The van der Waals surface area contributed by atoms with Gasteiger partial charge in [0.15, 0.2) is 10.9 Å². The predicted molar refractivity (Wildman–Crippen MR) is 97.7 cm³/mol. The number of aryl methyl sites for hydroxylation is 2. The van der Waals surface area contributed by atoms with Gasteiger partial charge in [-0.05, 0) is 32.6 Å². The summed E-state index contributed by atoms with van der Waals surface area (Å²) >= 11 is 1.34. The maximum atomic E-state index is 13.0. The maximum absolute atomic E-state index is 13.0. The number of thiazole rings is 1. The number of rotatable bonds is 5. The third-order valence-corrected chi connectivity index (χ3v) is 7.31. The Kier molecular flexibility index (Phi) is 5.18. The fraction of sp³-hybridized carbons (Fsp3) is 0.562. The molecule has 0 saturated carbocycles. The van der Waals surface area contributed by atoms with Crippen LogP contribution in [-0.4, -0.2) is 41.4 Å². The summed E-state index contributed by atoms with van der Waals surface area (Å²) in [5, 5.41) is 8.86. The standard InChI is InChI=1S/C16H22N4O4S2/c1-9(2)12-8-25-16(17-12)18-15(21)13-6-5-7-20(13)26(22,23)14-10(3)19-24-11(14)4/h8-9,13H,5-7H2,1-4H3,(H,17,18,21)/t13-/m1/s1. The van der Waals surface area contributed by atoms with E-state index in [0.29, 0.717) is 30.2 Å². The average molecular weight is 399 g/mol. The molecule has 2 aromatic heterocycles. The molecule has 3 rings (SSSR count). The molecular weight excluding hydrogens is 376 g/mol. The zero-order chi connectivity index (χ0) is 19.1. The first-order chi connectivity index (χ1) is 12.2. The van der Waals surface area contributed by atoms with Crippen LogP contribution in [0.25, 0.3) is 0 Å². The lowest BCUT2D eigenvalue weighted by Crippen LogP contribution is -2.43. The van der Waals surface area contributed by atoms with Crippen molar-refractivity contribution in [2.75, 3.05) is 11.9 Å². The third-order valence-electron chi connectivity index (χ3n) is 4.38. The van der Waals surface area contributed by atoms with E-state index >= 15 is 0 Å². The first-order valence-electron chi connectivity index (χ1n) is 8.42. The highest BCUT2D eigenvalue weighted by Crippen LogP contribution is 2.30. The van der Waals surface area contributed by atoms with Crippen LogP contribution in [0.3, 0.4) is 0 Å². The van der Waals surface area contributed by atoms with Gasteiger partial charge < -0.3 is 9.84 Å². The van der Waals surface area contributed by atoms with Gasteiger partial charge >= 0.3 is 0 Å². The second-order valence-electron chi connectivity index (χ2n) is 6.65. The number of anilines is 1. The molecule has 0 bridgehead atoms. The van der Waals surface area contributed by atoms with Crippen LogP contribution in [-0.2, 0) is 14.8 Å². The second-order valence-corrected chi connectivity index (χ2v) is 9.33. The van der Waals surface area contributed by atoms with E-state index in [-0.39, 0.29) is 22.5 Å². The van der Waals surface area contributed by atoms with Gasteiger partial charge in [-0.2, -0.15) is 4.31 Å². The molecule has 1 atom stereocenters. The van der Waals surface area contributed by atoms with Crippen LogP contribution in [0.5, 0.6) is 0 Å². The third kappa shape index (κ3) is 3.40. The Morgan fingerprint density at radius 1 is 1.42 bits per heavy atom. The van der Waals surface area contributed by atoms with Crippen LogP contribution in [0.4, 0.5) is 5.13 Å². The summed E-state index contributed by atoms with van der Waals surface area (Å²) < 4.78 is 32.3. The highest BCUT2D eigenvalue weighted by molar-refractivity contribution is 7.89. The molecule has 0 radical (unpaired) electrons. The van der Waals surface area contributed by atoms with Gasteiger partial charge in [-0.1, -0.05) is 19.0 Å². The molecule has 3 heterocycles. The zero-order valence-electron chi connectivity index (χ0n) is 15.1. The molecule has 0 unspecified atom stereocenters. The minimum absolute atomic E-state index is 0.0496. The Morgan fingerprint density at radius 2 is 2.15 bits per heavy atom. The molecule has 0 aliphatic carbocycles. The number of amides is 1. The van der Waals surface area contributed by atoms with Crippen molar-refractivity contribution in [3.8, 4) is 0 Å². The largest absolute Gasteiger partial charge is 0.360 e. The van der Waals surface area contributed by atoms with Crippen molar-refractivity contribution in [2.24, 2.45) is 0 Å². The van der Waals surface area contributed by atoms with Crippen molar-refractivity contribution in [3.05, 3.63) is 22.5 Å².